The molecule has 0 unspecified atom stereocenters. The summed E-state index contributed by atoms with van der Waals surface area (Å²) in [5.74, 6) is 0.293. The minimum Gasteiger partial charge on any atom is -0.497 e. The zero-order chi connectivity index (χ0) is 21.9. The molecule has 2 aromatic rings. The molecule has 2 rings (SSSR count). The highest BCUT2D eigenvalue weighted by Gasteiger charge is 2.18. The van der Waals surface area contributed by atoms with E-state index in [1.54, 1.807) is 38.3 Å². The van der Waals surface area contributed by atoms with Crippen LogP contribution in [0.1, 0.15) is 31.4 Å². The third kappa shape index (κ3) is 7.28. The SMILES string of the molecule is COc1ccc(/C=C/C(=O)O[C@H](C)C(=O)N[C@@H](C)CCc2ccccc2)c(OC)c1. The second-order valence-corrected chi connectivity index (χ2v) is 6.95. The number of benzene rings is 2. The van der Waals surface area contributed by atoms with Gasteiger partial charge in [-0.1, -0.05) is 30.3 Å². The molecule has 0 saturated heterocycles. The maximum atomic E-state index is 12.3. The monoisotopic (exact) mass is 411 g/mol. The molecule has 1 amide bonds. The van der Waals surface area contributed by atoms with Gasteiger partial charge in [-0.2, -0.15) is 0 Å². The molecule has 30 heavy (non-hydrogen) atoms. The number of methoxy groups -OCH3 is 2. The predicted octanol–water partition coefficient (Wildman–Crippen LogP) is 3.79. The molecule has 0 aromatic heterocycles. The third-order valence-electron chi connectivity index (χ3n) is 4.60. The van der Waals surface area contributed by atoms with Crippen LogP contribution in [0, 0.1) is 0 Å². The molecule has 0 radical (unpaired) electrons. The summed E-state index contributed by atoms with van der Waals surface area (Å²) < 4.78 is 15.7. The van der Waals surface area contributed by atoms with Crippen LogP contribution in [-0.4, -0.2) is 38.2 Å². The quantitative estimate of drug-likeness (QED) is 0.476. The normalized spacial score (nSPS) is 12.8. The van der Waals surface area contributed by atoms with Crippen molar-refractivity contribution in [2.24, 2.45) is 0 Å². The van der Waals surface area contributed by atoms with Gasteiger partial charge in [-0.05, 0) is 50.5 Å². The van der Waals surface area contributed by atoms with Crippen LogP contribution >= 0.6 is 0 Å². The fraction of sp³-hybridized carbons (Fsp3) is 0.333. The van der Waals surface area contributed by atoms with E-state index in [4.69, 9.17) is 14.2 Å². The number of aryl methyl sites for hydroxylation is 1. The van der Waals surface area contributed by atoms with Gasteiger partial charge in [0.2, 0.25) is 0 Å². The summed E-state index contributed by atoms with van der Waals surface area (Å²) in [6.07, 6.45) is 3.62. The smallest absolute Gasteiger partial charge is 0.331 e. The summed E-state index contributed by atoms with van der Waals surface area (Å²) in [6, 6.07) is 15.3. The Morgan fingerprint density at radius 1 is 1.03 bits per heavy atom. The van der Waals surface area contributed by atoms with Crippen molar-refractivity contribution in [3.63, 3.8) is 0 Å². The minimum absolute atomic E-state index is 0.0297. The van der Waals surface area contributed by atoms with E-state index in [1.165, 1.54) is 18.7 Å². The molecule has 6 heteroatoms. The van der Waals surface area contributed by atoms with Crippen LogP contribution in [0.4, 0.5) is 0 Å². The van der Waals surface area contributed by atoms with Gasteiger partial charge in [0.05, 0.1) is 14.2 Å². The fourth-order valence-electron chi connectivity index (χ4n) is 2.84. The van der Waals surface area contributed by atoms with Gasteiger partial charge >= 0.3 is 5.97 Å². The molecule has 0 aliphatic carbocycles. The van der Waals surface area contributed by atoms with Crippen LogP contribution < -0.4 is 14.8 Å². The first-order valence-corrected chi connectivity index (χ1v) is 9.88. The van der Waals surface area contributed by atoms with Crippen molar-refractivity contribution in [3.05, 3.63) is 65.7 Å². The van der Waals surface area contributed by atoms with Gasteiger partial charge in [0.25, 0.3) is 5.91 Å². The van der Waals surface area contributed by atoms with E-state index in [0.717, 1.165) is 12.8 Å². The average molecular weight is 411 g/mol. The molecule has 0 heterocycles. The molecule has 6 nitrogen and oxygen atoms in total. The summed E-state index contributed by atoms with van der Waals surface area (Å²) in [6.45, 7) is 3.49. The summed E-state index contributed by atoms with van der Waals surface area (Å²) >= 11 is 0. The Morgan fingerprint density at radius 3 is 2.43 bits per heavy atom. The number of rotatable bonds is 10. The molecular formula is C24H29NO5. The zero-order valence-corrected chi connectivity index (χ0v) is 17.9. The first-order chi connectivity index (χ1) is 14.4. The van der Waals surface area contributed by atoms with E-state index in [9.17, 15) is 9.59 Å². The van der Waals surface area contributed by atoms with Gasteiger partial charge < -0.3 is 19.5 Å². The van der Waals surface area contributed by atoms with Gasteiger partial charge in [0, 0.05) is 23.7 Å². The number of esters is 1. The van der Waals surface area contributed by atoms with Crippen molar-refractivity contribution in [1.82, 2.24) is 5.32 Å². The predicted molar refractivity (Wildman–Crippen MR) is 117 cm³/mol. The average Bonchev–Trinajstić information content (AvgIpc) is 2.76. The molecule has 160 valence electrons. The molecule has 0 saturated carbocycles. The molecule has 2 atom stereocenters. The minimum atomic E-state index is -0.890. The highest BCUT2D eigenvalue weighted by Crippen LogP contribution is 2.25. The van der Waals surface area contributed by atoms with E-state index < -0.39 is 12.1 Å². The van der Waals surface area contributed by atoms with Crippen LogP contribution in [0.3, 0.4) is 0 Å². The number of hydrogen-bond donors (Lipinski definition) is 1. The zero-order valence-electron chi connectivity index (χ0n) is 17.9. The lowest BCUT2D eigenvalue weighted by molar-refractivity contribution is -0.150. The number of amides is 1. The lowest BCUT2D eigenvalue weighted by atomic mass is 10.1. The Bertz CT molecular complexity index is 863. The fourth-order valence-corrected chi connectivity index (χ4v) is 2.84. The van der Waals surface area contributed by atoms with Gasteiger partial charge in [-0.15, -0.1) is 0 Å². The van der Waals surface area contributed by atoms with Crippen molar-refractivity contribution in [3.8, 4) is 11.5 Å². The van der Waals surface area contributed by atoms with Crippen molar-refractivity contribution in [1.29, 1.82) is 0 Å². The maximum Gasteiger partial charge on any atom is 0.331 e. The molecular weight excluding hydrogens is 382 g/mol. The van der Waals surface area contributed by atoms with E-state index in [2.05, 4.69) is 17.4 Å². The van der Waals surface area contributed by atoms with Gasteiger partial charge in [0.1, 0.15) is 11.5 Å². The highest BCUT2D eigenvalue weighted by atomic mass is 16.5. The number of carbonyl (C=O) groups excluding carboxylic acids is 2. The van der Waals surface area contributed by atoms with Gasteiger partial charge in [-0.3, -0.25) is 4.79 Å². The topological polar surface area (TPSA) is 73.9 Å². The molecule has 2 aromatic carbocycles. The summed E-state index contributed by atoms with van der Waals surface area (Å²) in [4.78, 5) is 24.4. The van der Waals surface area contributed by atoms with Crippen LogP contribution in [0.2, 0.25) is 0 Å². The Labute approximate surface area is 177 Å². The Balaban J connectivity index is 1.82. The maximum absolute atomic E-state index is 12.3. The van der Waals surface area contributed by atoms with E-state index in [-0.39, 0.29) is 11.9 Å². The number of hydrogen-bond acceptors (Lipinski definition) is 5. The van der Waals surface area contributed by atoms with Crippen LogP contribution in [-0.2, 0) is 20.7 Å². The summed E-state index contributed by atoms with van der Waals surface area (Å²) in [5, 5.41) is 2.89. The number of carbonyl (C=O) groups is 2. The van der Waals surface area contributed by atoms with Crippen LogP contribution in [0.15, 0.2) is 54.6 Å². The van der Waals surface area contributed by atoms with Gasteiger partial charge in [-0.25, -0.2) is 4.79 Å². The van der Waals surface area contributed by atoms with Crippen molar-refractivity contribution >= 4 is 18.0 Å². The first kappa shape index (κ1) is 23.0. The first-order valence-electron chi connectivity index (χ1n) is 9.88. The highest BCUT2D eigenvalue weighted by molar-refractivity contribution is 5.90. The lowest BCUT2D eigenvalue weighted by Gasteiger charge is -2.17. The van der Waals surface area contributed by atoms with E-state index in [0.29, 0.717) is 17.1 Å². The standard InChI is InChI=1S/C24H29NO5/c1-17(10-11-19-8-6-5-7-9-19)25-24(27)18(2)30-23(26)15-13-20-12-14-21(28-3)16-22(20)29-4/h5-9,12-18H,10-11H2,1-4H3,(H,25,27)/b15-13+/t17-,18+/m0/s1. The van der Waals surface area contributed by atoms with Crippen molar-refractivity contribution in [2.75, 3.05) is 14.2 Å². The molecule has 0 aliphatic heterocycles. The Morgan fingerprint density at radius 2 is 1.77 bits per heavy atom. The lowest BCUT2D eigenvalue weighted by Crippen LogP contribution is -2.40. The van der Waals surface area contributed by atoms with Crippen LogP contribution in [0.25, 0.3) is 6.08 Å². The van der Waals surface area contributed by atoms with E-state index >= 15 is 0 Å². The molecule has 0 aliphatic rings. The van der Waals surface area contributed by atoms with Crippen molar-refractivity contribution < 1.29 is 23.8 Å². The molecule has 0 fully saturated rings. The molecule has 1 N–H and O–H groups in total. The summed E-state index contributed by atoms with van der Waals surface area (Å²) in [7, 11) is 3.10. The van der Waals surface area contributed by atoms with Crippen LogP contribution in [0.5, 0.6) is 11.5 Å². The van der Waals surface area contributed by atoms with E-state index in [1.807, 2.05) is 25.1 Å². The largest absolute Gasteiger partial charge is 0.497 e. The summed E-state index contributed by atoms with van der Waals surface area (Å²) in [5.41, 5.74) is 1.92. The molecule has 0 spiro atoms. The Hall–Kier alpha value is -3.28. The second kappa shape index (κ2) is 11.7. The second-order valence-electron chi connectivity index (χ2n) is 6.95. The Kier molecular flexibility index (Phi) is 8.94. The number of ether oxygens (including phenoxy) is 3. The molecule has 0 bridgehead atoms. The van der Waals surface area contributed by atoms with Crippen molar-refractivity contribution in [2.45, 2.75) is 38.8 Å². The number of nitrogens with one attached hydrogen (secondary N) is 1. The third-order valence-corrected chi connectivity index (χ3v) is 4.60. The van der Waals surface area contributed by atoms with Gasteiger partial charge in [0.15, 0.2) is 6.10 Å².